The highest BCUT2D eigenvalue weighted by Gasteiger charge is 2.41. The fourth-order valence-electron chi connectivity index (χ4n) is 4.02. The third kappa shape index (κ3) is 3.15. The van der Waals surface area contributed by atoms with E-state index in [2.05, 4.69) is 16.8 Å². The van der Waals surface area contributed by atoms with E-state index >= 15 is 0 Å². The number of likely N-dealkylation sites (N-methyl/N-ethyl adjacent to an activating group) is 1. The van der Waals surface area contributed by atoms with Gasteiger partial charge in [0.05, 0.1) is 12.6 Å². The smallest absolute Gasteiger partial charge is 0.236 e. The molecule has 2 saturated heterocycles. The highest BCUT2D eigenvalue weighted by Crippen LogP contribution is 2.37. The fraction of sp³-hybridized carbons (Fsp3) is 0.933. The summed E-state index contributed by atoms with van der Waals surface area (Å²) in [6, 6.07) is 0. The van der Waals surface area contributed by atoms with Crippen molar-refractivity contribution in [2.75, 3.05) is 52.9 Å². The summed E-state index contributed by atoms with van der Waals surface area (Å²) in [6.45, 7) is 6.55. The Morgan fingerprint density at radius 3 is 2.50 bits per heavy atom. The van der Waals surface area contributed by atoms with Gasteiger partial charge in [0.2, 0.25) is 5.91 Å². The van der Waals surface area contributed by atoms with Crippen LogP contribution in [0.25, 0.3) is 0 Å². The molecule has 2 aliphatic heterocycles. The minimum Gasteiger partial charge on any atom is -0.393 e. The van der Waals surface area contributed by atoms with E-state index in [-0.39, 0.29) is 6.10 Å². The third-order valence-electron chi connectivity index (χ3n) is 5.25. The Bertz CT molecular complexity index is 349. The van der Waals surface area contributed by atoms with Crippen molar-refractivity contribution in [3.05, 3.63) is 0 Å². The Morgan fingerprint density at radius 1 is 1.10 bits per heavy atom. The van der Waals surface area contributed by atoms with Gasteiger partial charge < -0.3 is 14.9 Å². The molecule has 3 fully saturated rings. The predicted octanol–water partition coefficient (Wildman–Crippen LogP) is -0.147. The van der Waals surface area contributed by atoms with Crippen molar-refractivity contribution in [1.82, 2.24) is 14.7 Å². The van der Waals surface area contributed by atoms with E-state index in [4.69, 9.17) is 0 Å². The van der Waals surface area contributed by atoms with E-state index in [0.717, 1.165) is 58.5 Å². The molecule has 1 unspecified atom stereocenters. The lowest BCUT2D eigenvalue weighted by Gasteiger charge is -2.24. The number of hydrogen-bond acceptors (Lipinski definition) is 4. The van der Waals surface area contributed by atoms with Gasteiger partial charge in [-0.05, 0) is 51.2 Å². The summed E-state index contributed by atoms with van der Waals surface area (Å²) in [6.07, 6.45) is 2.82. The van der Waals surface area contributed by atoms with Crippen molar-refractivity contribution in [1.29, 1.82) is 0 Å². The Kier molecular flexibility index (Phi) is 4.29. The van der Waals surface area contributed by atoms with Crippen LogP contribution in [0.3, 0.4) is 0 Å². The van der Waals surface area contributed by atoms with Gasteiger partial charge in [-0.3, -0.25) is 9.69 Å². The number of carbonyl (C=O) groups excluding carboxylic acids is 1. The van der Waals surface area contributed by atoms with Crippen LogP contribution in [-0.2, 0) is 4.79 Å². The van der Waals surface area contributed by atoms with Gasteiger partial charge in [0, 0.05) is 26.2 Å². The normalized spacial score (nSPS) is 36.1. The second-order valence-corrected chi connectivity index (χ2v) is 6.88. The van der Waals surface area contributed by atoms with E-state index in [1.54, 1.807) is 0 Å². The molecule has 0 radical (unpaired) electrons. The lowest BCUT2D eigenvalue weighted by atomic mass is 10.0. The summed E-state index contributed by atoms with van der Waals surface area (Å²) in [5, 5.41) is 9.66. The summed E-state index contributed by atoms with van der Waals surface area (Å²) in [5.41, 5.74) is 0. The van der Waals surface area contributed by atoms with Crippen LogP contribution in [0.2, 0.25) is 0 Å². The van der Waals surface area contributed by atoms with Crippen LogP contribution in [0.1, 0.15) is 19.3 Å². The van der Waals surface area contributed by atoms with E-state index < -0.39 is 0 Å². The zero-order chi connectivity index (χ0) is 14.1. The molecule has 5 nitrogen and oxygen atoms in total. The first-order valence-electron chi connectivity index (χ1n) is 7.98. The van der Waals surface area contributed by atoms with Crippen molar-refractivity contribution in [2.24, 2.45) is 11.8 Å². The largest absolute Gasteiger partial charge is 0.393 e. The maximum absolute atomic E-state index is 12.4. The summed E-state index contributed by atoms with van der Waals surface area (Å²) in [5.74, 6) is 1.38. The van der Waals surface area contributed by atoms with E-state index in [1.807, 2.05) is 4.90 Å². The molecule has 1 N–H and O–H groups in total. The first-order chi connectivity index (χ1) is 9.61. The summed E-state index contributed by atoms with van der Waals surface area (Å²) in [4.78, 5) is 19.1. The topological polar surface area (TPSA) is 47.0 Å². The zero-order valence-corrected chi connectivity index (χ0v) is 12.5. The molecule has 3 rings (SSSR count). The maximum atomic E-state index is 12.4. The Hall–Kier alpha value is -0.650. The van der Waals surface area contributed by atoms with Crippen molar-refractivity contribution in [3.63, 3.8) is 0 Å². The molecular weight excluding hydrogens is 254 g/mol. The molecule has 0 aromatic rings. The van der Waals surface area contributed by atoms with Crippen LogP contribution in [0, 0.1) is 11.8 Å². The molecule has 0 spiro atoms. The van der Waals surface area contributed by atoms with E-state index in [0.29, 0.717) is 24.3 Å². The number of likely N-dealkylation sites (tertiary alicyclic amines) is 1. The van der Waals surface area contributed by atoms with Gasteiger partial charge >= 0.3 is 0 Å². The van der Waals surface area contributed by atoms with Crippen molar-refractivity contribution in [2.45, 2.75) is 25.4 Å². The molecule has 2 heterocycles. The zero-order valence-electron chi connectivity index (χ0n) is 12.5. The number of aliphatic hydroxyl groups is 1. The molecule has 5 heteroatoms. The molecule has 0 bridgehead atoms. The maximum Gasteiger partial charge on any atom is 0.236 e. The van der Waals surface area contributed by atoms with Crippen LogP contribution >= 0.6 is 0 Å². The minimum absolute atomic E-state index is 0.122. The number of amides is 1. The van der Waals surface area contributed by atoms with Crippen molar-refractivity contribution >= 4 is 5.91 Å². The fourth-order valence-corrected chi connectivity index (χ4v) is 4.02. The molecule has 3 atom stereocenters. The van der Waals surface area contributed by atoms with Gasteiger partial charge in [-0.2, -0.15) is 0 Å². The molecule has 3 aliphatic rings. The van der Waals surface area contributed by atoms with Gasteiger partial charge in [-0.15, -0.1) is 0 Å². The molecule has 114 valence electrons. The number of rotatable bonds is 2. The quantitative estimate of drug-likeness (QED) is 0.765. The number of carbonyl (C=O) groups is 1. The Balaban J connectivity index is 1.48. The molecule has 1 amide bonds. The summed E-state index contributed by atoms with van der Waals surface area (Å²) >= 11 is 0. The number of hydrogen-bond donors (Lipinski definition) is 1. The second-order valence-electron chi connectivity index (χ2n) is 6.88. The van der Waals surface area contributed by atoms with Crippen LogP contribution in [0.4, 0.5) is 0 Å². The van der Waals surface area contributed by atoms with Crippen LogP contribution in [0.5, 0.6) is 0 Å². The standard InChI is InChI=1S/C15H27N3O2/c1-16-3-2-4-17(6-5-16)11-15(20)18-9-12-7-14(19)8-13(12)10-18/h12-14,19H,2-11H2,1H3/t12-,13+,14?. The molecule has 0 aromatic carbocycles. The van der Waals surface area contributed by atoms with E-state index in [9.17, 15) is 9.90 Å². The molecule has 1 saturated carbocycles. The highest BCUT2D eigenvalue weighted by atomic mass is 16.3. The SMILES string of the molecule is CN1CCCN(CC(=O)N2C[C@H]3CC(O)C[C@H]3C2)CC1. The molecule has 0 aromatic heterocycles. The Labute approximate surface area is 121 Å². The number of fused-ring (bicyclic) bond motifs is 1. The monoisotopic (exact) mass is 281 g/mol. The third-order valence-corrected chi connectivity index (χ3v) is 5.25. The van der Waals surface area contributed by atoms with Gasteiger partial charge in [-0.25, -0.2) is 0 Å². The van der Waals surface area contributed by atoms with Crippen LogP contribution in [0.15, 0.2) is 0 Å². The molecule has 20 heavy (non-hydrogen) atoms. The minimum atomic E-state index is -0.122. The predicted molar refractivity (Wildman–Crippen MR) is 77.4 cm³/mol. The average molecular weight is 281 g/mol. The first-order valence-corrected chi connectivity index (χ1v) is 7.98. The number of aliphatic hydroxyl groups excluding tert-OH is 1. The first kappa shape index (κ1) is 14.3. The lowest BCUT2D eigenvalue weighted by molar-refractivity contribution is -0.131. The van der Waals surface area contributed by atoms with Crippen molar-refractivity contribution in [3.8, 4) is 0 Å². The lowest BCUT2D eigenvalue weighted by Crippen LogP contribution is -2.41. The van der Waals surface area contributed by atoms with Crippen molar-refractivity contribution < 1.29 is 9.90 Å². The van der Waals surface area contributed by atoms with E-state index in [1.165, 1.54) is 0 Å². The Morgan fingerprint density at radius 2 is 1.80 bits per heavy atom. The van der Waals surface area contributed by atoms with Gasteiger partial charge in [0.1, 0.15) is 0 Å². The highest BCUT2D eigenvalue weighted by molar-refractivity contribution is 5.78. The van der Waals surface area contributed by atoms with Crippen LogP contribution in [-0.4, -0.2) is 84.7 Å². The van der Waals surface area contributed by atoms with Gasteiger partial charge in [0.25, 0.3) is 0 Å². The second kappa shape index (κ2) is 6.00. The van der Waals surface area contributed by atoms with Crippen LogP contribution < -0.4 is 0 Å². The summed E-state index contributed by atoms with van der Waals surface area (Å²) < 4.78 is 0. The number of nitrogens with zero attached hydrogens (tertiary/aromatic N) is 3. The average Bonchev–Trinajstić information content (AvgIpc) is 2.85. The molecular formula is C15H27N3O2. The molecule has 1 aliphatic carbocycles. The van der Waals surface area contributed by atoms with Gasteiger partial charge in [-0.1, -0.05) is 0 Å². The van der Waals surface area contributed by atoms with Gasteiger partial charge in [0.15, 0.2) is 0 Å². The summed E-state index contributed by atoms with van der Waals surface area (Å²) in [7, 11) is 2.15.